The molecule has 1 aromatic carbocycles. The standard InChI is InChI=1S/C19H21N7O6/c27-19(14-9-15(25(28)29)11-16(10-14)26(30)31)24-3-1-22(2-4-24)17-12-18(21-20-13-17)23-5-7-32-8-6-23/h9-13H,1-8H2. The number of nitro benzene ring substituents is 2. The lowest BCUT2D eigenvalue weighted by Crippen LogP contribution is -2.49. The molecule has 0 N–H and O–H groups in total. The van der Waals surface area contributed by atoms with Crippen LogP contribution < -0.4 is 9.80 Å². The molecule has 2 saturated heterocycles. The molecule has 32 heavy (non-hydrogen) atoms. The van der Waals surface area contributed by atoms with Crippen LogP contribution in [0, 0.1) is 20.2 Å². The lowest BCUT2D eigenvalue weighted by atomic mass is 10.1. The molecule has 0 unspecified atom stereocenters. The normalized spacial score (nSPS) is 16.7. The number of morpholine rings is 1. The van der Waals surface area contributed by atoms with Gasteiger partial charge in [0, 0.05) is 57.5 Å². The Kier molecular flexibility index (Phi) is 6.07. The van der Waals surface area contributed by atoms with Crippen LogP contribution in [0.3, 0.4) is 0 Å². The molecule has 13 heteroatoms. The first-order valence-corrected chi connectivity index (χ1v) is 10.1. The van der Waals surface area contributed by atoms with Crippen LogP contribution in [0.15, 0.2) is 30.5 Å². The van der Waals surface area contributed by atoms with Crippen molar-refractivity contribution in [1.82, 2.24) is 15.1 Å². The van der Waals surface area contributed by atoms with Crippen molar-refractivity contribution in [3.8, 4) is 0 Å². The average molecular weight is 443 g/mol. The second-order valence-electron chi connectivity index (χ2n) is 7.40. The molecule has 0 radical (unpaired) electrons. The van der Waals surface area contributed by atoms with Gasteiger partial charge in [-0.05, 0) is 0 Å². The minimum Gasteiger partial charge on any atom is -0.378 e. The van der Waals surface area contributed by atoms with Crippen molar-refractivity contribution in [1.29, 1.82) is 0 Å². The van der Waals surface area contributed by atoms with E-state index in [2.05, 4.69) is 20.0 Å². The zero-order chi connectivity index (χ0) is 22.7. The van der Waals surface area contributed by atoms with Crippen LogP contribution in [-0.4, -0.2) is 83.3 Å². The van der Waals surface area contributed by atoms with E-state index in [1.807, 2.05) is 6.07 Å². The first-order chi connectivity index (χ1) is 15.4. The molecular formula is C19H21N7O6. The summed E-state index contributed by atoms with van der Waals surface area (Å²) in [5.41, 5.74) is -0.154. The number of anilines is 2. The molecule has 168 valence electrons. The summed E-state index contributed by atoms with van der Waals surface area (Å²) in [6.07, 6.45) is 1.67. The number of amides is 1. The van der Waals surface area contributed by atoms with Gasteiger partial charge >= 0.3 is 0 Å². The van der Waals surface area contributed by atoms with E-state index in [1.165, 1.54) is 4.90 Å². The number of hydrogen-bond acceptors (Lipinski definition) is 10. The van der Waals surface area contributed by atoms with Crippen LogP contribution in [0.5, 0.6) is 0 Å². The number of aromatic nitrogens is 2. The van der Waals surface area contributed by atoms with Crippen molar-refractivity contribution in [2.24, 2.45) is 0 Å². The Morgan fingerprint density at radius 1 is 0.875 bits per heavy atom. The molecule has 0 aliphatic carbocycles. The first-order valence-electron chi connectivity index (χ1n) is 10.1. The van der Waals surface area contributed by atoms with Crippen molar-refractivity contribution in [2.45, 2.75) is 0 Å². The number of piperazine rings is 1. The largest absolute Gasteiger partial charge is 0.378 e. The Morgan fingerprint density at radius 2 is 1.50 bits per heavy atom. The fourth-order valence-corrected chi connectivity index (χ4v) is 3.75. The van der Waals surface area contributed by atoms with Gasteiger partial charge in [0.1, 0.15) is 0 Å². The van der Waals surface area contributed by atoms with E-state index in [1.54, 1.807) is 6.20 Å². The zero-order valence-electron chi connectivity index (χ0n) is 17.1. The quantitative estimate of drug-likeness (QED) is 0.485. The monoisotopic (exact) mass is 443 g/mol. The Bertz CT molecular complexity index is 1000. The second kappa shape index (κ2) is 9.09. The van der Waals surface area contributed by atoms with Crippen LogP contribution in [0.2, 0.25) is 0 Å². The van der Waals surface area contributed by atoms with Gasteiger partial charge in [-0.2, -0.15) is 5.10 Å². The summed E-state index contributed by atoms with van der Waals surface area (Å²) >= 11 is 0. The van der Waals surface area contributed by atoms with Crippen LogP contribution in [-0.2, 0) is 4.74 Å². The highest BCUT2D eigenvalue weighted by Gasteiger charge is 2.26. The molecular weight excluding hydrogens is 422 g/mol. The van der Waals surface area contributed by atoms with Crippen molar-refractivity contribution >= 4 is 28.8 Å². The smallest absolute Gasteiger partial charge is 0.277 e. The van der Waals surface area contributed by atoms with E-state index in [4.69, 9.17) is 4.74 Å². The highest BCUT2D eigenvalue weighted by atomic mass is 16.6. The Hall–Kier alpha value is -3.87. The van der Waals surface area contributed by atoms with E-state index in [-0.39, 0.29) is 5.56 Å². The van der Waals surface area contributed by atoms with Crippen molar-refractivity contribution in [3.63, 3.8) is 0 Å². The molecule has 3 heterocycles. The van der Waals surface area contributed by atoms with Crippen molar-refractivity contribution in [2.75, 3.05) is 62.3 Å². The van der Waals surface area contributed by atoms with E-state index >= 15 is 0 Å². The highest BCUT2D eigenvalue weighted by molar-refractivity contribution is 5.95. The number of carbonyl (C=O) groups excluding carboxylic acids is 1. The molecule has 2 aliphatic rings. The summed E-state index contributed by atoms with van der Waals surface area (Å²) in [5, 5.41) is 30.5. The summed E-state index contributed by atoms with van der Waals surface area (Å²) in [5.74, 6) is 0.298. The SMILES string of the molecule is O=C(c1cc([N+](=O)[O-])cc([N+](=O)[O-])c1)N1CCN(c2cnnc(N3CCOCC3)c2)CC1. The third kappa shape index (κ3) is 4.56. The van der Waals surface area contributed by atoms with Crippen molar-refractivity contribution in [3.05, 3.63) is 56.3 Å². The second-order valence-corrected chi connectivity index (χ2v) is 7.40. The molecule has 1 amide bonds. The van der Waals surface area contributed by atoms with E-state index < -0.39 is 27.1 Å². The van der Waals surface area contributed by atoms with Gasteiger partial charge in [0.15, 0.2) is 5.82 Å². The number of non-ortho nitro benzene ring substituents is 2. The fraction of sp³-hybridized carbons (Fsp3) is 0.421. The van der Waals surface area contributed by atoms with Crippen LogP contribution in [0.1, 0.15) is 10.4 Å². The summed E-state index contributed by atoms with van der Waals surface area (Å²) in [6.45, 7) is 4.56. The van der Waals surface area contributed by atoms with Gasteiger partial charge < -0.3 is 19.4 Å². The zero-order valence-corrected chi connectivity index (χ0v) is 17.1. The number of ether oxygens (including phenoxy) is 1. The Balaban J connectivity index is 1.44. The predicted molar refractivity (Wildman–Crippen MR) is 113 cm³/mol. The van der Waals surface area contributed by atoms with Gasteiger partial charge in [-0.25, -0.2) is 0 Å². The van der Waals surface area contributed by atoms with Crippen molar-refractivity contribution < 1.29 is 19.4 Å². The fourth-order valence-electron chi connectivity index (χ4n) is 3.75. The number of rotatable bonds is 5. The van der Waals surface area contributed by atoms with E-state index in [0.29, 0.717) is 39.4 Å². The predicted octanol–water partition coefficient (Wildman–Crippen LogP) is 1.09. The molecule has 0 spiro atoms. The third-order valence-corrected chi connectivity index (χ3v) is 5.47. The molecule has 2 fully saturated rings. The molecule has 0 atom stereocenters. The van der Waals surface area contributed by atoms with Gasteiger partial charge in [-0.1, -0.05) is 0 Å². The molecule has 1 aromatic heterocycles. The molecule has 13 nitrogen and oxygen atoms in total. The Labute approximate surface area is 182 Å². The lowest BCUT2D eigenvalue weighted by Gasteiger charge is -2.36. The Morgan fingerprint density at radius 3 is 2.09 bits per heavy atom. The number of carbonyl (C=O) groups is 1. The maximum atomic E-state index is 12.9. The summed E-state index contributed by atoms with van der Waals surface area (Å²) < 4.78 is 5.37. The third-order valence-electron chi connectivity index (χ3n) is 5.47. The molecule has 4 rings (SSSR count). The molecule has 2 aliphatic heterocycles. The maximum absolute atomic E-state index is 12.9. The molecule has 0 saturated carbocycles. The number of nitrogens with zero attached hydrogens (tertiary/aromatic N) is 7. The van der Waals surface area contributed by atoms with E-state index in [9.17, 15) is 25.0 Å². The van der Waals surface area contributed by atoms with Gasteiger partial charge in [0.05, 0.1) is 46.6 Å². The van der Waals surface area contributed by atoms with Gasteiger partial charge in [-0.3, -0.25) is 25.0 Å². The number of benzene rings is 1. The van der Waals surface area contributed by atoms with E-state index in [0.717, 1.165) is 42.8 Å². The number of hydrogen-bond donors (Lipinski definition) is 0. The number of nitro groups is 2. The van der Waals surface area contributed by atoms with Crippen LogP contribution >= 0.6 is 0 Å². The summed E-state index contributed by atoms with van der Waals surface area (Å²) in [4.78, 5) is 39.3. The first kappa shape index (κ1) is 21.4. The maximum Gasteiger partial charge on any atom is 0.277 e. The lowest BCUT2D eigenvalue weighted by molar-refractivity contribution is -0.394. The minimum atomic E-state index is -0.746. The minimum absolute atomic E-state index is 0.0699. The van der Waals surface area contributed by atoms with Crippen LogP contribution in [0.4, 0.5) is 22.9 Å². The molecule has 2 aromatic rings. The summed E-state index contributed by atoms with van der Waals surface area (Å²) in [6, 6.07) is 4.95. The summed E-state index contributed by atoms with van der Waals surface area (Å²) in [7, 11) is 0. The topological polar surface area (TPSA) is 148 Å². The molecule has 0 bridgehead atoms. The van der Waals surface area contributed by atoms with Gasteiger partial charge in [-0.15, -0.1) is 5.10 Å². The van der Waals surface area contributed by atoms with Crippen LogP contribution in [0.25, 0.3) is 0 Å². The van der Waals surface area contributed by atoms with Gasteiger partial charge in [0.2, 0.25) is 0 Å². The average Bonchev–Trinajstić information content (AvgIpc) is 2.84. The van der Waals surface area contributed by atoms with Gasteiger partial charge in [0.25, 0.3) is 17.3 Å². The highest BCUT2D eigenvalue weighted by Crippen LogP contribution is 2.25.